The molecule has 3 rings (SSSR count). The number of hydrogen-bond acceptors (Lipinski definition) is 3. The van der Waals surface area contributed by atoms with Gasteiger partial charge in [-0.05, 0) is 43.5 Å². The van der Waals surface area contributed by atoms with E-state index in [2.05, 4.69) is 34.3 Å². The Bertz CT molecular complexity index is 871. The second kappa shape index (κ2) is 8.35. The fourth-order valence-corrected chi connectivity index (χ4v) is 3.59. The van der Waals surface area contributed by atoms with Crippen LogP contribution in [0.1, 0.15) is 46.9 Å². The van der Waals surface area contributed by atoms with Crippen molar-refractivity contribution in [1.29, 1.82) is 0 Å². The topological polar surface area (TPSA) is 65.2 Å². The molecule has 0 aliphatic carbocycles. The minimum atomic E-state index is -0.175. The highest BCUT2D eigenvalue weighted by Gasteiger charge is 2.19. The van der Waals surface area contributed by atoms with E-state index in [1.54, 1.807) is 6.92 Å². The van der Waals surface area contributed by atoms with Crippen LogP contribution < -0.4 is 10.9 Å². The van der Waals surface area contributed by atoms with Crippen LogP contribution in [0.25, 0.3) is 0 Å². The van der Waals surface area contributed by atoms with E-state index in [1.807, 2.05) is 31.2 Å². The third kappa shape index (κ3) is 4.55. The van der Waals surface area contributed by atoms with Crippen molar-refractivity contribution in [1.82, 2.24) is 9.88 Å². The number of aromatic nitrogens is 1. The molecule has 2 aromatic rings. The molecule has 5 nitrogen and oxygen atoms in total. The lowest BCUT2D eigenvalue weighted by Crippen LogP contribution is -2.29. The van der Waals surface area contributed by atoms with Crippen LogP contribution in [-0.4, -0.2) is 28.4 Å². The smallest absolute Gasteiger partial charge is 0.255 e. The van der Waals surface area contributed by atoms with E-state index >= 15 is 0 Å². The van der Waals surface area contributed by atoms with Gasteiger partial charge in [0.05, 0.1) is 5.69 Å². The first-order valence-electron chi connectivity index (χ1n) is 9.49. The predicted octanol–water partition coefficient (Wildman–Crippen LogP) is 3.78. The average Bonchev–Trinajstić information content (AvgIpc) is 3.06. The quantitative estimate of drug-likeness (QED) is 0.766. The number of rotatable bonds is 6. The van der Waals surface area contributed by atoms with Crippen LogP contribution in [0.2, 0.25) is 0 Å². The summed E-state index contributed by atoms with van der Waals surface area (Å²) in [6.07, 6.45) is 6.88. The highest BCUT2D eigenvalue weighted by Crippen LogP contribution is 2.20. The van der Waals surface area contributed by atoms with Gasteiger partial charge in [0.1, 0.15) is 0 Å². The predicted molar refractivity (Wildman–Crippen MR) is 109 cm³/mol. The Labute approximate surface area is 160 Å². The van der Waals surface area contributed by atoms with Crippen LogP contribution in [0.3, 0.4) is 0 Å². The van der Waals surface area contributed by atoms with Crippen molar-refractivity contribution >= 4 is 11.6 Å². The summed E-state index contributed by atoms with van der Waals surface area (Å²) in [5.74, 6) is -0.175. The molecule has 2 heterocycles. The molecular formula is C22H27N3O2. The SMILES string of the molecule is CCC[C@H]1C=CCN1Cc1ccc(C(=O)Nc2c(C)cc(=O)[nH]c2C)cc1. The molecule has 5 heteroatoms. The molecule has 1 aromatic heterocycles. The third-order valence-electron chi connectivity index (χ3n) is 5.02. The molecule has 0 spiro atoms. The fourth-order valence-electron chi connectivity index (χ4n) is 3.59. The van der Waals surface area contributed by atoms with Crippen molar-refractivity contribution in [3.8, 4) is 0 Å². The lowest BCUT2D eigenvalue weighted by molar-refractivity contribution is 0.102. The number of H-pyrrole nitrogens is 1. The van der Waals surface area contributed by atoms with Crippen LogP contribution in [0, 0.1) is 13.8 Å². The average molecular weight is 365 g/mol. The Morgan fingerprint density at radius 2 is 2.00 bits per heavy atom. The molecule has 1 aliphatic rings. The summed E-state index contributed by atoms with van der Waals surface area (Å²) in [5.41, 5.74) is 3.72. The van der Waals surface area contributed by atoms with Gasteiger partial charge in [0.25, 0.3) is 5.91 Å². The monoisotopic (exact) mass is 365 g/mol. The number of carbonyl (C=O) groups is 1. The van der Waals surface area contributed by atoms with Crippen LogP contribution in [0.15, 0.2) is 47.3 Å². The van der Waals surface area contributed by atoms with Crippen molar-refractivity contribution in [3.05, 3.63) is 75.2 Å². The molecular weight excluding hydrogens is 338 g/mol. The molecule has 0 saturated heterocycles. The Balaban J connectivity index is 1.67. The fraction of sp³-hybridized carbons (Fsp3) is 0.364. The summed E-state index contributed by atoms with van der Waals surface area (Å²) in [6, 6.07) is 9.76. The highest BCUT2D eigenvalue weighted by atomic mass is 16.1. The zero-order valence-electron chi connectivity index (χ0n) is 16.2. The van der Waals surface area contributed by atoms with Crippen LogP contribution >= 0.6 is 0 Å². The van der Waals surface area contributed by atoms with Crippen LogP contribution in [0.5, 0.6) is 0 Å². The van der Waals surface area contributed by atoms with Gasteiger partial charge in [-0.1, -0.05) is 37.6 Å². The van der Waals surface area contributed by atoms with E-state index in [9.17, 15) is 9.59 Å². The number of hydrogen-bond donors (Lipinski definition) is 2. The maximum Gasteiger partial charge on any atom is 0.255 e. The first-order chi connectivity index (χ1) is 13.0. The maximum atomic E-state index is 12.6. The van der Waals surface area contributed by atoms with Crippen molar-refractivity contribution in [2.45, 2.75) is 46.2 Å². The van der Waals surface area contributed by atoms with Crippen LogP contribution in [-0.2, 0) is 6.54 Å². The van der Waals surface area contributed by atoms with Crippen molar-refractivity contribution in [3.63, 3.8) is 0 Å². The molecule has 1 aliphatic heterocycles. The van der Waals surface area contributed by atoms with Gasteiger partial charge in [0, 0.05) is 36.5 Å². The van der Waals surface area contributed by atoms with Gasteiger partial charge in [0.2, 0.25) is 5.56 Å². The van der Waals surface area contributed by atoms with E-state index in [1.165, 1.54) is 24.5 Å². The number of nitrogens with one attached hydrogen (secondary N) is 2. The largest absolute Gasteiger partial charge is 0.324 e. The number of carbonyl (C=O) groups excluding carboxylic acids is 1. The number of pyridine rings is 1. The molecule has 0 bridgehead atoms. The summed E-state index contributed by atoms with van der Waals surface area (Å²) >= 11 is 0. The third-order valence-corrected chi connectivity index (χ3v) is 5.02. The minimum absolute atomic E-state index is 0.162. The number of aryl methyl sites for hydroxylation is 2. The molecule has 0 unspecified atom stereocenters. The van der Waals surface area contributed by atoms with Gasteiger partial charge in [-0.15, -0.1) is 0 Å². The summed E-state index contributed by atoms with van der Waals surface area (Å²) in [4.78, 5) is 29.2. The summed E-state index contributed by atoms with van der Waals surface area (Å²) in [5, 5.41) is 2.91. The van der Waals surface area contributed by atoms with Crippen LogP contribution in [0.4, 0.5) is 5.69 Å². The molecule has 0 saturated carbocycles. The second-order valence-corrected chi connectivity index (χ2v) is 7.18. The Hall–Kier alpha value is -2.66. The first-order valence-corrected chi connectivity index (χ1v) is 9.49. The van der Waals surface area contributed by atoms with Crippen molar-refractivity contribution in [2.24, 2.45) is 0 Å². The standard InChI is InChI=1S/C22H27N3O2/c1-4-6-19-7-5-12-25(19)14-17-8-10-18(11-9-17)22(27)24-21-15(2)13-20(26)23-16(21)3/h5,7-11,13,19H,4,6,12,14H2,1-3H3,(H,23,26)(H,24,27)/t19-/m0/s1. The zero-order valence-corrected chi connectivity index (χ0v) is 16.2. The lowest BCUT2D eigenvalue weighted by Gasteiger charge is -2.24. The summed E-state index contributed by atoms with van der Waals surface area (Å²) in [7, 11) is 0. The highest BCUT2D eigenvalue weighted by molar-refractivity contribution is 6.04. The number of amides is 1. The van der Waals surface area contributed by atoms with Gasteiger partial charge >= 0.3 is 0 Å². The van der Waals surface area contributed by atoms with E-state index in [0.717, 1.165) is 18.7 Å². The summed E-state index contributed by atoms with van der Waals surface area (Å²) < 4.78 is 0. The van der Waals surface area contributed by atoms with Gasteiger partial charge in [0.15, 0.2) is 0 Å². The maximum absolute atomic E-state index is 12.6. The van der Waals surface area contributed by atoms with E-state index in [0.29, 0.717) is 23.0 Å². The number of aromatic amines is 1. The number of benzene rings is 1. The van der Waals surface area contributed by atoms with E-state index < -0.39 is 0 Å². The van der Waals surface area contributed by atoms with E-state index in [-0.39, 0.29) is 11.5 Å². The Morgan fingerprint density at radius 1 is 1.26 bits per heavy atom. The first kappa shape index (κ1) is 19.1. The number of anilines is 1. The zero-order chi connectivity index (χ0) is 19.4. The van der Waals surface area contributed by atoms with Gasteiger partial charge in [-0.25, -0.2) is 0 Å². The molecule has 2 N–H and O–H groups in total. The molecule has 1 atom stereocenters. The lowest BCUT2D eigenvalue weighted by atomic mass is 10.1. The molecule has 0 radical (unpaired) electrons. The number of nitrogens with zero attached hydrogens (tertiary/aromatic N) is 1. The molecule has 1 aromatic carbocycles. The van der Waals surface area contributed by atoms with Crippen molar-refractivity contribution < 1.29 is 4.79 Å². The summed E-state index contributed by atoms with van der Waals surface area (Å²) in [6.45, 7) is 7.68. The molecule has 0 fully saturated rings. The van der Waals surface area contributed by atoms with Gasteiger partial charge in [-0.3, -0.25) is 14.5 Å². The molecule has 27 heavy (non-hydrogen) atoms. The second-order valence-electron chi connectivity index (χ2n) is 7.18. The van der Waals surface area contributed by atoms with Gasteiger partial charge < -0.3 is 10.3 Å². The normalized spacial score (nSPS) is 16.6. The Kier molecular flexibility index (Phi) is 5.91. The van der Waals surface area contributed by atoms with Crippen molar-refractivity contribution in [2.75, 3.05) is 11.9 Å². The molecule has 1 amide bonds. The molecule has 142 valence electrons. The van der Waals surface area contributed by atoms with E-state index in [4.69, 9.17) is 0 Å². The van der Waals surface area contributed by atoms with Gasteiger partial charge in [-0.2, -0.15) is 0 Å². The minimum Gasteiger partial charge on any atom is -0.324 e. The Morgan fingerprint density at radius 3 is 2.67 bits per heavy atom.